The molecule has 0 aromatic carbocycles. The van der Waals surface area contributed by atoms with Gasteiger partial charge in [-0.15, -0.1) is 0 Å². The third-order valence-electron chi connectivity index (χ3n) is 3.38. The largest absolute Gasteiger partial charge is 0.396 e. The van der Waals surface area contributed by atoms with Gasteiger partial charge in [-0.05, 0) is 18.8 Å². The highest BCUT2D eigenvalue weighted by molar-refractivity contribution is 5.78. The number of hydrogen-bond donors (Lipinski definition) is 3. The molecule has 1 aliphatic heterocycles. The molecule has 1 aromatic heterocycles. The van der Waals surface area contributed by atoms with E-state index in [1.54, 1.807) is 4.90 Å². The molecule has 0 aliphatic carbocycles. The number of amides is 1. The molecular weight excluding hydrogens is 250 g/mol. The number of piperidine rings is 1. The fourth-order valence-electron chi connectivity index (χ4n) is 2.25. The van der Waals surface area contributed by atoms with Crippen LogP contribution in [0.25, 0.3) is 0 Å². The summed E-state index contributed by atoms with van der Waals surface area (Å²) in [5, 5.41) is 9.03. The molecule has 0 atom stereocenters. The first-order valence-corrected chi connectivity index (χ1v) is 6.29. The number of carbonyl (C=O) groups is 1. The van der Waals surface area contributed by atoms with Crippen molar-refractivity contribution in [3.8, 4) is 0 Å². The first kappa shape index (κ1) is 13.5. The van der Waals surface area contributed by atoms with Crippen molar-refractivity contribution in [2.75, 3.05) is 19.7 Å². The Kier molecular flexibility index (Phi) is 4.16. The molecule has 104 valence electrons. The van der Waals surface area contributed by atoms with E-state index in [2.05, 4.69) is 9.97 Å². The molecule has 0 unspecified atom stereocenters. The predicted molar refractivity (Wildman–Crippen MR) is 67.8 cm³/mol. The van der Waals surface area contributed by atoms with Crippen LogP contribution < -0.4 is 11.2 Å². The normalized spacial score (nSPS) is 16.6. The van der Waals surface area contributed by atoms with Crippen LogP contribution in [0.2, 0.25) is 0 Å². The summed E-state index contributed by atoms with van der Waals surface area (Å²) in [6.45, 7) is 1.37. The summed E-state index contributed by atoms with van der Waals surface area (Å²) in [4.78, 5) is 40.4. The van der Waals surface area contributed by atoms with E-state index < -0.39 is 11.2 Å². The number of rotatable bonds is 3. The zero-order chi connectivity index (χ0) is 13.8. The molecule has 1 fully saturated rings. The first-order valence-electron chi connectivity index (χ1n) is 6.29. The molecule has 1 amide bonds. The number of nitrogens with zero attached hydrogens (tertiary/aromatic N) is 1. The number of aliphatic hydroxyl groups excluding tert-OH is 1. The van der Waals surface area contributed by atoms with Crippen LogP contribution in [-0.4, -0.2) is 45.6 Å². The van der Waals surface area contributed by atoms with Gasteiger partial charge >= 0.3 is 5.69 Å². The lowest BCUT2D eigenvalue weighted by Crippen LogP contribution is -2.40. The second kappa shape index (κ2) is 5.83. The number of aromatic nitrogens is 2. The van der Waals surface area contributed by atoms with Gasteiger partial charge < -0.3 is 15.0 Å². The molecule has 7 heteroatoms. The lowest BCUT2D eigenvalue weighted by molar-refractivity contribution is -0.132. The minimum atomic E-state index is -0.603. The van der Waals surface area contributed by atoms with E-state index in [0.29, 0.717) is 18.8 Å². The third kappa shape index (κ3) is 3.54. The van der Waals surface area contributed by atoms with Crippen molar-refractivity contribution >= 4 is 5.91 Å². The summed E-state index contributed by atoms with van der Waals surface area (Å²) < 4.78 is 0. The Labute approximate surface area is 109 Å². The number of nitrogens with one attached hydrogen (secondary N) is 2. The van der Waals surface area contributed by atoms with Crippen molar-refractivity contribution in [3.05, 3.63) is 32.6 Å². The Bertz CT molecular complexity index is 526. The van der Waals surface area contributed by atoms with Crippen molar-refractivity contribution in [2.24, 2.45) is 5.92 Å². The van der Waals surface area contributed by atoms with E-state index in [1.807, 2.05) is 0 Å². The SMILES string of the molecule is O=C(Cc1cc(=O)[nH]c(=O)[nH]1)N1CCC(CO)CC1. The second-order valence-electron chi connectivity index (χ2n) is 4.80. The molecule has 0 spiro atoms. The molecule has 0 saturated carbocycles. The number of likely N-dealkylation sites (tertiary alicyclic amines) is 1. The maximum atomic E-state index is 12.0. The van der Waals surface area contributed by atoms with Gasteiger partial charge in [0.05, 0.1) is 6.42 Å². The standard InChI is InChI=1S/C12H17N3O4/c16-7-8-1-3-15(4-2-8)11(18)6-9-5-10(17)14-12(19)13-9/h5,8,16H,1-4,6-7H2,(H2,13,14,17,19). The van der Waals surface area contributed by atoms with Gasteiger partial charge in [0.15, 0.2) is 0 Å². The Morgan fingerprint density at radius 2 is 2.00 bits per heavy atom. The Hall–Kier alpha value is -1.89. The number of H-pyrrole nitrogens is 2. The first-order chi connectivity index (χ1) is 9.08. The minimum absolute atomic E-state index is 0.0168. The van der Waals surface area contributed by atoms with Crippen LogP contribution in [0.15, 0.2) is 15.7 Å². The van der Waals surface area contributed by atoms with Crippen LogP contribution >= 0.6 is 0 Å². The van der Waals surface area contributed by atoms with Gasteiger partial charge in [0, 0.05) is 31.5 Å². The molecule has 0 bridgehead atoms. The molecular formula is C12H17N3O4. The maximum absolute atomic E-state index is 12.0. The smallest absolute Gasteiger partial charge is 0.325 e. The van der Waals surface area contributed by atoms with Crippen LogP contribution in [0.5, 0.6) is 0 Å². The molecule has 3 N–H and O–H groups in total. The van der Waals surface area contributed by atoms with E-state index in [0.717, 1.165) is 12.8 Å². The van der Waals surface area contributed by atoms with Crippen LogP contribution in [0.4, 0.5) is 0 Å². The molecule has 1 saturated heterocycles. The van der Waals surface area contributed by atoms with E-state index in [9.17, 15) is 14.4 Å². The van der Waals surface area contributed by atoms with Crippen molar-refractivity contribution in [1.29, 1.82) is 0 Å². The Morgan fingerprint density at radius 1 is 1.32 bits per heavy atom. The zero-order valence-electron chi connectivity index (χ0n) is 10.5. The fourth-order valence-corrected chi connectivity index (χ4v) is 2.25. The van der Waals surface area contributed by atoms with Crippen LogP contribution in [0.3, 0.4) is 0 Å². The minimum Gasteiger partial charge on any atom is -0.396 e. The van der Waals surface area contributed by atoms with Gasteiger partial charge in [-0.2, -0.15) is 0 Å². The van der Waals surface area contributed by atoms with Crippen molar-refractivity contribution in [2.45, 2.75) is 19.3 Å². The van der Waals surface area contributed by atoms with Crippen LogP contribution in [-0.2, 0) is 11.2 Å². The average molecular weight is 267 g/mol. The molecule has 2 heterocycles. The molecule has 1 aliphatic rings. The quantitative estimate of drug-likeness (QED) is 0.642. The summed E-state index contributed by atoms with van der Waals surface area (Å²) in [7, 11) is 0. The van der Waals surface area contributed by atoms with Gasteiger partial charge in [0.25, 0.3) is 5.56 Å². The lowest BCUT2D eigenvalue weighted by Gasteiger charge is -2.31. The topological polar surface area (TPSA) is 106 Å². The average Bonchev–Trinajstić information content (AvgIpc) is 2.37. The Balaban J connectivity index is 1.98. The van der Waals surface area contributed by atoms with Gasteiger partial charge in [-0.25, -0.2) is 4.79 Å². The van der Waals surface area contributed by atoms with E-state index in [1.165, 1.54) is 6.07 Å². The van der Waals surface area contributed by atoms with Gasteiger partial charge in [-0.1, -0.05) is 0 Å². The summed E-state index contributed by atoms with van der Waals surface area (Å²) in [6, 6.07) is 1.22. The summed E-state index contributed by atoms with van der Waals surface area (Å²) in [6.07, 6.45) is 1.59. The predicted octanol–water partition coefficient (Wildman–Crippen LogP) is -1.16. The third-order valence-corrected chi connectivity index (χ3v) is 3.38. The summed E-state index contributed by atoms with van der Waals surface area (Å²) in [5.41, 5.74) is -0.789. The molecule has 0 radical (unpaired) electrons. The van der Waals surface area contributed by atoms with Gasteiger partial charge in [0.1, 0.15) is 0 Å². The second-order valence-corrected chi connectivity index (χ2v) is 4.80. The van der Waals surface area contributed by atoms with E-state index in [4.69, 9.17) is 5.11 Å². The molecule has 1 aromatic rings. The van der Waals surface area contributed by atoms with Crippen molar-refractivity contribution in [3.63, 3.8) is 0 Å². The zero-order valence-corrected chi connectivity index (χ0v) is 10.5. The van der Waals surface area contributed by atoms with Crippen molar-refractivity contribution < 1.29 is 9.90 Å². The van der Waals surface area contributed by atoms with Gasteiger partial charge in [-0.3, -0.25) is 14.6 Å². The number of hydrogen-bond acceptors (Lipinski definition) is 4. The summed E-state index contributed by atoms with van der Waals surface area (Å²) in [5.74, 6) is 0.154. The van der Waals surface area contributed by atoms with Gasteiger partial charge in [0.2, 0.25) is 5.91 Å². The molecule has 7 nitrogen and oxygen atoms in total. The maximum Gasteiger partial charge on any atom is 0.325 e. The number of aromatic amines is 2. The van der Waals surface area contributed by atoms with Crippen LogP contribution in [0.1, 0.15) is 18.5 Å². The van der Waals surface area contributed by atoms with Crippen LogP contribution in [0, 0.1) is 5.92 Å². The summed E-state index contributed by atoms with van der Waals surface area (Å²) >= 11 is 0. The Morgan fingerprint density at radius 3 is 2.58 bits per heavy atom. The highest BCUT2D eigenvalue weighted by Gasteiger charge is 2.22. The number of carbonyl (C=O) groups excluding carboxylic acids is 1. The highest BCUT2D eigenvalue weighted by atomic mass is 16.3. The monoisotopic (exact) mass is 267 g/mol. The lowest BCUT2D eigenvalue weighted by atomic mass is 9.97. The molecule has 2 rings (SSSR count). The fraction of sp³-hybridized carbons (Fsp3) is 0.583. The van der Waals surface area contributed by atoms with Crippen molar-refractivity contribution in [1.82, 2.24) is 14.9 Å². The van der Waals surface area contributed by atoms with E-state index >= 15 is 0 Å². The van der Waals surface area contributed by atoms with E-state index in [-0.39, 0.29) is 24.9 Å². The molecule has 19 heavy (non-hydrogen) atoms. The highest BCUT2D eigenvalue weighted by Crippen LogP contribution is 2.16. The number of aliphatic hydroxyl groups is 1.